The molecule has 0 aliphatic heterocycles. The molecule has 328 valence electrons. The normalized spacial score (nSPS) is 10.2. The maximum absolute atomic E-state index is 12.4. The summed E-state index contributed by atoms with van der Waals surface area (Å²) >= 11 is 19.7. The van der Waals surface area contributed by atoms with Gasteiger partial charge in [0, 0.05) is 83.0 Å². The van der Waals surface area contributed by atoms with Crippen LogP contribution in [-0.2, 0) is 19.2 Å². The number of halogens is 5. The highest BCUT2D eigenvalue weighted by Gasteiger charge is 2.18. The zero-order valence-corrected chi connectivity index (χ0v) is 38.4. The van der Waals surface area contributed by atoms with Gasteiger partial charge < -0.3 is 38.9 Å². The number of ether oxygens (including phenoxy) is 2. The maximum atomic E-state index is 12.4. The van der Waals surface area contributed by atoms with Crippen LogP contribution in [0.15, 0.2) is 95.7 Å². The monoisotopic (exact) mass is 1100 g/mol. The molecule has 0 aliphatic rings. The summed E-state index contributed by atoms with van der Waals surface area (Å²) in [5, 5.41) is 10.1. The molecular formula is C40H26Br3Cl2N6O13+. The topological polar surface area (TPSA) is 308 Å². The Morgan fingerprint density at radius 2 is 0.953 bits per heavy atom. The Hall–Kier alpha value is -6.47. The van der Waals surface area contributed by atoms with Gasteiger partial charge in [0.25, 0.3) is 12.4 Å². The van der Waals surface area contributed by atoms with E-state index in [1.165, 1.54) is 36.5 Å². The van der Waals surface area contributed by atoms with Crippen LogP contribution >= 0.6 is 71.0 Å². The molecule has 0 saturated heterocycles. The molecule has 0 atom stereocenters. The molecule has 2 N–H and O–H groups in total. The van der Waals surface area contributed by atoms with Crippen LogP contribution < -0.4 is 26.4 Å². The lowest BCUT2D eigenvalue weighted by Crippen LogP contribution is -2.12. The Labute approximate surface area is 392 Å². The second-order valence-electron chi connectivity index (χ2n) is 12.5. The van der Waals surface area contributed by atoms with E-state index in [-0.39, 0.29) is 66.1 Å². The number of nitrogens with one attached hydrogen (secondary N) is 1. The number of phenols is 1. The predicted molar refractivity (Wildman–Crippen MR) is 239 cm³/mol. The van der Waals surface area contributed by atoms with E-state index in [0.717, 1.165) is 18.5 Å². The summed E-state index contributed by atoms with van der Waals surface area (Å²) in [6.07, 6.45) is 4.16. The van der Waals surface area contributed by atoms with Crippen molar-refractivity contribution in [1.29, 1.82) is 5.53 Å². The Bertz CT molecular complexity index is 3020. The van der Waals surface area contributed by atoms with Crippen molar-refractivity contribution in [1.82, 2.24) is 0 Å². The Morgan fingerprint density at radius 3 is 1.33 bits per heavy atom. The Balaban J connectivity index is 0.000000292. The number of esters is 2. The lowest BCUT2D eigenvalue weighted by molar-refractivity contribution is -0.136. The summed E-state index contributed by atoms with van der Waals surface area (Å²) in [7, 11) is 0. The number of carbonyl (C=O) groups is 4. The van der Waals surface area contributed by atoms with Crippen LogP contribution in [0.5, 0.6) is 17.2 Å². The molecule has 0 radical (unpaired) electrons. The molecule has 0 unspecified atom stereocenters. The lowest BCUT2D eigenvalue weighted by Gasteiger charge is -2.09. The fourth-order valence-corrected chi connectivity index (χ4v) is 6.79. The van der Waals surface area contributed by atoms with E-state index in [2.05, 4.69) is 62.2 Å². The van der Waals surface area contributed by atoms with Crippen molar-refractivity contribution in [2.24, 2.45) is 0 Å². The number of aromatic hydroxyl groups is 1. The van der Waals surface area contributed by atoms with Crippen molar-refractivity contribution in [3.05, 3.63) is 127 Å². The van der Waals surface area contributed by atoms with Gasteiger partial charge in [-0.3, -0.25) is 19.2 Å². The Morgan fingerprint density at radius 1 is 0.594 bits per heavy atom. The van der Waals surface area contributed by atoms with Crippen LogP contribution in [0.3, 0.4) is 0 Å². The van der Waals surface area contributed by atoms with Crippen molar-refractivity contribution in [3.8, 4) is 17.2 Å². The molecule has 3 aromatic carbocycles. The van der Waals surface area contributed by atoms with Gasteiger partial charge in [-0.2, -0.15) is 9.58 Å². The van der Waals surface area contributed by atoms with Crippen LogP contribution in [0.25, 0.3) is 44.0 Å². The maximum Gasteiger partial charge on any atom is 0.338 e. The first kappa shape index (κ1) is 50.2. The number of rotatable bonds is 13. The van der Waals surface area contributed by atoms with E-state index >= 15 is 0 Å². The summed E-state index contributed by atoms with van der Waals surface area (Å²) in [6, 6.07) is 12.2. The molecule has 0 bridgehead atoms. The van der Waals surface area contributed by atoms with Crippen molar-refractivity contribution in [2.45, 2.75) is 38.5 Å². The summed E-state index contributed by atoms with van der Waals surface area (Å²) in [5.41, 5.74) is 23.9. The van der Waals surface area contributed by atoms with Gasteiger partial charge in [0.05, 0.1) is 35.6 Å². The third-order valence-electron chi connectivity index (χ3n) is 8.06. The fraction of sp³-hybridized carbons (Fsp3) is 0.150. The molecule has 3 heterocycles. The van der Waals surface area contributed by atoms with Crippen LogP contribution in [-0.4, -0.2) is 60.5 Å². The predicted octanol–water partition coefficient (Wildman–Crippen LogP) is 8.01. The molecule has 0 amide bonds. The number of fused-ring (bicyclic) bond motifs is 3. The van der Waals surface area contributed by atoms with Crippen molar-refractivity contribution in [3.63, 3.8) is 0 Å². The minimum absolute atomic E-state index is 0.0336. The van der Waals surface area contributed by atoms with Crippen LogP contribution in [0.4, 0.5) is 0 Å². The molecule has 64 heavy (non-hydrogen) atoms. The summed E-state index contributed by atoms with van der Waals surface area (Å²) in [5.74, 6) is -1.12. The SMILES string of the molecule is O=C(Cl)CCCC(=O)Cl.[N-]=[N+]=Cc1cc(=O)oc2cc(O)c(Br)cc12.[N-]=[N+]=Cc1cc(=O)oc2cc(OC(=O)CCCC(=O)Oc3cc4oc(=O)cc(C=[N+]=N)c4cc3Br)c(Br)cc12. The number of hydrogen-bond donors (Lipinski definition) is 2. The summed E-state index contributed by atoms with van der Waals surface area (Å²) < 4.78 is 27.1. The molecule has 24 heteroatoms. The molecule has 3 aromatic heterocycles. The van der Waals surface area contributed by atoms with Crippen molar-refractivity contribution >= 4 is 145 Å². The first-order valence-electron chi connectivity index (χ1n) is 17.8. The van der Waals surface area contributed by atoms with Gasteiger partial charge in [-0.25, -0.2) is 14.4 Å². The molecule has 6 aromatic rings. The molecule has 0 aliphatic carbocycles. The number of carbonyl (C=O) groups excluding carboxylic acids is 4. The van der Waals surface area contributed by atoms with Gasteiger partial charge in [-0.15, -0.1) is 0 Å². The van der Waals surface area contributed by atoms with E-state index in [0.29, 0.717) is 52.7 Å². The smallest absolute Gasteiger partial charge is 0.338 e. The lowest BCUT2D eigenvalue weighted by atomic mass is 10.1. The third-order valence-corrected chi connectivity index (χ3v) is 10.3. The van der Waals surface area contributed by atoms with Gasteiger partial charge in [0.1, 0.15) is 34.0 Å². The minimum Gasteiger partial charge on any atom is -0.507 e. The van der Waals surface area contributed by atoms with Gasteiger partial charge >= 0.3 is 35.0 Å². The van der Waals surface area contributed by atoms with E-state index < -0.39 is 39.3 Å². The van der Waals surface area contributed by atoms with Crippen molar-refractivity contribution in [2.75, 3.05) is 0 Å². The van der Waals surface area contributed by atoms with E-state index in [1.807, 2.05) is 0 Å². The second kappa shape index (κ2) is 23.8. The highest BCUT2D eigenvalue weighted by Crippen LogP contribution is 2.33. The average Bonchev–Trinajstić information content (AvgIpc) is 3.20. The van der Waals surface area contributed by atoms with Gasteiger partial charge in [-0.1, -0.05) is 0 Å². The highest BCUT2D eigenvalue weighted by molar-refractivity contribution is 9.11. The molecule has 0 saturated carbocycles. The van der Waals surface area contributed by atoms with Crippen molar-refractivity contribution < 1.29 is 61.4 Å². The van der Waals surface area contributed by atoms with Crippen LogP contribution in [0.1, 0.15) is 55.2 Å². The molecular weight excluding hydrogens is 1080 g/mol. The Kier molecular flexibility index (Phi) is 18.7. The first-order valence-corrected chi connectivity index (χ1v) is 20.9. The van der Waals surface area contributed by atoms with E-state index in [4.69, 9.17) is 62.5 Å². The van der Waals surface area contributed by atoms with E-state index in [9.17, 15) is 38.7 Å². The third kappa shape index (κ3) is 14.5. The minimum atomic E-state index is -0.683. The number of nitrogens with zero attached hydrogens (tertiary/aromatic N) is 5. The number of benzene rings is 3. The van der Waals surface area contributed by atoms with Gasteiger partial charge in [-0.05, 0) is 102 Å². The quantitative estimate of drug-likeness (QED) is 0.0211. The van der Waals surface area contributed by atoms with Crippen LogP contribution in [0.2, 0.25) is 0 Å². The zero-order chi connectivity index (χ0) is 47.1. The fourth-order valence-electron chi connectivity index (χ4n) is 5.33. The molecule has 0 fully saturated rings. The second-order valence-corrected chi connectivity index (χ2v) is 15.9. The zero-order valence-electron chi connectivity index (χ0n) is 32.1. The average molecular weight is 1110 g/mol. The standard InChI is InChI=1S/C25H15Br2N4O8.C10H5BrN2O3.C5H6Cl2O2/c26-16-6-14-12(10-30-28)4-24(34)36-18(14)8-20(16)38-22(32)2-1-3-23(33)39-21-9-19-15(7-17(21)27)13(11-31-29)5-25(35)37-19;11-7-2-6-5(4-13-12)1-10(15)16-9(6)3-8(7)14;6-4(8)2-1-3-5(7)9/h4-11,28H,1-3H2;1-4,14H;1-3H2/q+1;;. The summed E-state index contributed by atoms with van der Waals surface area (Å²) in [6.45, 7) is 0. The number of hydrogen-bond acceptors (Lipinski definition) is 14. The number of phenolic OH excluding ortho intramolecular Hbond substituents is 1. The highest BCUT2D eigenvalue weighted by atomic mass is 79.9. The summed E-state index contributed by atoms with van der Waals surface area (Å²) in [4.78, 5) is 88.5. The van der Waals surface area contributed by atoms with Gasteiger partial charge in [0.15, 0.2) is 0 Å². The van der Waals surface area contributed by atoms with Crippen LogP contribution in [0, 0.1) is 5.53 Å². The van der Waals surface area contributed by atoms with E-state index in [1.54, 1.807) is 18.2 Å². The molecule has 0 spiro atoms. The molecule has 6 rings (SSSR count). The first-order chi connectivity index (χ1) is 30.4. The molecule has 19 nitrogen and oxygen atoms in total. The largest absolute Gasteiger partial charge is 0.507 e. The van der Waals surface area contributed by atoms with Gasteiger partial charge in [0.2, 0.25) is 10.5 Å².